The number of hydrogen-bond acceptors (Lipinski definition) is 4. The van der Waals surface area contributed by atoms with Gasteiger partial charge in [0.2, 0.25) is 5.89 Å². The Morgan fingerprint density at radius 3 is 2.80 bits per heavy atom. The summed E-state index contributed by atoms with van der Waals surface area (Å²) in [4.78, 5) is 4.47. The third kappa shape index (κ3) is 2.04. The van der Waals surface area contributed by atoms with Crippen LogP contribution in [0.15, 0.2) is 4.52 Å². The third-order valence-corrected chi connectivity index (χ3v) is 3.17. The van der Waals surface area contributed by atoms with Gasteiger partial charge in [0.05, 0.1) is 0 Å². The Balaban J connectivity index is 2.14. The maximum Gasteiger partial charge on any atom is 0.229 e. The van der Waals surface area contributed by atoms with Gasteiger partial charge >= 0.3 is 0 Å². The summed E-state index contributed by atoms with van der Waals surface area (Å²) in [6.07, 6.45) is 3.64. The van der Waals surface area contributed by atoms with Gasteiger partial charge in [-0.1, -0.05) is 25.4 Å². The molecule has 0 aliphatic heterocycles. The molecule has 2 atom stereocenters. The molecule has 0 amide bonds. The van der Waals surface area contributed by atoms with E-state index in [1.165, 1.54) is 19.3 Å². The first kappa shape index (κ1) is 10.6. The van der Waals surface area contributed by atoms with E-state index < -0.39 is 0 Å². The maximum absolute atomic E-state index is 5.24. The summed E-state index contributed by atoms with van der Waals surface area (Å²) in [5.41, 5.74) is 0. The van der Waals surface area contributed by atoms with Crippen molar-refractivity contribution in [1.82, 2.24) is 15.5 Å². The van der Waals surface area contributed by atoms with Gasteiger partial charge < -0.3 is 9.84 Å². The van der Waals surface area contributed by atoms with Crippen molar-refractivity contribution >= 4 is 0 Å². The molecule has 1 heterocycles. The standard InChI is InChI=1S/C11H19N3O/c1-7(2)11-13-10(14-15-11)8-5-4-6-9(8)12-3/h7-9,12H,4-6H2,1-3H3/t8-,9-/m0/s1. The number of nitrogens with zero attached hydrogens (tertiary/aromatic N) is 2. The molecule has 1 aromatic heterocycles. The number of hydrogen-bond donors (Lipinski definition) is 1. The SMILES string of the molecule is CN[C@H]1CCC[C@@H]1c1noc(C(C)C)n1. The molecule has 4 heteroatoms. The molecule has 1 aromatic rings. The molecule has 0 saturated heterocycles. The number of rotatable bonds is 3. The van der Waals surface area contributed by atoms with Gasteiger partial charge in [0.1, 0.15) is 0 Å². The largest absolute Gasteiger partial charge is 0.339 e. The van der Waals surface area contributed by atoms with Crippen molar-refractivity contribution in [3.63, 3.8) is 0 Å². The monoisotopic (exact) mass is 209 g/mol. The highest BCUT2D eigenvalue weighted by molar-refractivity contribution is 5.05. The van der Waals surface area contributed by atoms with Gasteiger partial charge in [-0.25, -0.2) is 0 Å². The average molecular weight is 209 g/mol. The summed E-state index contributed by atoms with van der Waals surface area (Å²) in [6, 6.07) is 0.516. The van der Waals surface area contributed by atoms with E-state index in [-0.39, 0.29) is 0 Å². The fraction of sp³-hybridized carbons (Fsp3) is 0.818. The summed E-state index contributed by atoms with van der Waals surface area (Å²) < 4.78 is 5.24. The molecule has 4 nitrogen and oxygen atoms in total. The molecule has 1 aliphatic carbocycles. The Kier molecular flexibility index (Phi) is 3.05. The van der Waals surface area contributed by atoms with Crippen LogP contribution in [0.2, 0.25) is 0 Å². The fourth-order valence-electron chi connectivity index (χ4n) is 2.25. The Hall–Kier alpha value is -0.900. The van der Waals surface area contributed by atoms with Gasteiger partial charge in [-0.05, 0) is 19.9 Å². The summed E-state index contributed by atoms with van der Waals surface area (Å²) in [5, 5.41) is 7.42. The van der Waals surface area contributed by atoms with E-state index in [2.05, 4.69) is 29.3 Å². The van der Waals surface area contributed by atoms with Crippen molar-refractivity contribution in [1.29, 1.82) is 0 Å². The predicted octanol–water partition coefficient (Wildman–Crippen LogP) is 2.05. The number of aromatic nitrogens is 2. The van der Waals surface area contributed by atoms with Crippen molar-refractivity contribution in [2.24, 2.45) is 0 Å². The maximum atomic E-state index is 5.24. The first-order chi connectivity index (χ1) is 7.22. The summed E-state index contributed by atoms with van der Waals surface area (Å²) >= 11 is 0. The zero-order chi connectivity index (χ0) is 10.8. The second-order valence-corrected chi connectivity index (χ2v) is 4.58. The molecule has 0 spiro atoms. The van der Waals surface area contributed by atoms with Gasteiger partial charge in [-0.15, -0.1) is 0 Å². The van der Waals surface area contributed by atoms with E-state index in [1.54, 1.807) is 0 Å². The zero-order valence-electron chi connectivity index (χ0n) is 9.66. The van der Waals surface area contributed by atoms with Crippen LogP contribution >= 0.6 is 0 Å². The summed E-state index contributed by atoms with van der Waals surface area (Å²) in [6.45, 7) is 4.14. The van der Waals surface area contributed by atoms with Gasteiger partial charge in [0, 0.05) is 17.9 Å². The smallest absolute Gasteiger partial charge is 0.229 e. The van der Waals surface area contributed by atoms with Gasteiger partial charge in [0.15, 0.2) is 5.82 Å². The van der Waals surface area contributed by atoms with E-state index >= 15 is 0 Å². The van der Waals surface area contributed by atoms with Gasteiger partial charge in [-0.3, -0.25) is 0 Å². The van der Waals surface area contributed by atoms with Crippen LogP contribution in [0.1, 0.15) is 56.7 Å². The Bertz CT molecular complexity index is 321. The lowest BCUT2D eigenvalue weighted by atomic mass is 10.0. The molecule has 0 aromatic carbocycles. The van der Waals surface area contributed by atoms with E-state index in [0.717, 1.165) is 11.7 Å². The quantitative estimate of drug-likeness (QED) is 0.827. The fourth-order valence-corrected chi connectivity index (χ4v) is 2.25. The van der Waals surface area contributed by atoms with Crippen molar-refractivity contribution in [2.45, 2.75) is 51.0 Å². The topological polar surface area (TPSA) is 51.0 Å². The van der Waals surface area contributed by atoms with E-state index in [0.29, 0.717) is 17.9 Å². The van der Waals surface area contributed by atoms with Crippen LogP contribution in [0, 0.1) is 0 Å². The van der Waals surface area contributed by atoms with Gasteiger partial charge in [0.25, 0.3) is 0 Å². The van der Waals surface area contributed by atoms with Crippen LogP contribution in [0.5, 0.6) is 0 Å². The zero-order valence-corrected chi connectivity index (χ0v) is 9.66. The lowest BCUT2D eigenvalue weighted by molar-refractivity contribution is 0.354. The second-order valence-electron chi connectivity index (χ2n) is 4.58. The van der Waals surface area contributed by atoms with Crippen LogP contribution in [0.25, 0.3) is 0 Å². The Morgan fingerprint density at radius 1 is 1.40 bits per heavy atom. The molecular weight excluding hydrogens is 190 g/mol. The van der Waals surface area contributed by atoms with Crippen LogP contribution in [0.4, 0.5) is 0 Å². The number of nitrogens with one attached hydrogen (secondary N) is 1. The van der Waals surface area contributed by atoms with E-state index in [4.69, 9.17) is 4.52 Å². The van der Waals surface area contributed by atoms with E-state index in [1.807, 2.05) is 7.05 Å². The van der Waals surface area contributed by atoms with Crippen molar-refractivity contribution in [2.75, 3.05) is 7.05 Å². The first-order valence-corrected chi connectivity index (χ1v) is 5.73. The molecule has 15 heavy (non-hydrogen) atoms. The highest BCUT2D eigenvalue weighted by Crippen LogP contribution is 2.33. The lowest BCUT2D eigenvalue weighted by Crippen LogP contribution is -2.28. The molecule has 0 bridgehead atoms. The Morgan fingerprint density at radius 2 is 2.20 bits per heavy atom. The van der Waals surface area contributed by atoms with Crippen molar-refractivity contribution in [3.8, 4) is 0 Å². The van der Waals surface area contributed by atoms with Gasteiger partial charge in [-0.2, -0.15) is 4.98 Å². The minimum atomic E-state index is 0.320. The lowest BCUT2D eigenvalue weighted by Gasteiger charge is -2.14. The molecular formula is C11H19N3O. The number of likely N-dealkylation sites (N-methyl/N-ethyl adjacent to an activating group) is 1. The molecule has 0 radical (unpaired) electrons. The third-order valence-electron chi connectivity index (χ3n) is 3.17. The summed E-state index contributed by atoms with van der Waals surface area (Å²) in [5.74, 6) is 2.40. The molecule has 1 N–H and O–H groups in total. The molecule has 2 rings (SSSR count). The normalized spacial score (nSPS) is 26.4. The van der Waals surface area contributed by atoms with Crippen molar-refractivity contribution in [3.05, 3.63) is 11.7 Å². The molecule has 1 saturated carbocycles. The Labute approximate surface area is 90.4 Å². The highest BCUT2D eigenvalue weighted by Gasteiger charge is 2.31. The van der Waals surface area contributed by atoms with Crippen LogP contribution in [-0.4, -0.2) is 23.2 Å². The molecule has 84 valence electrons. The molecule has 1 fully saturated rings. The van der Waals surface area contributed by atoms with E-state index in [9.17, 15) is 0 Å². The predicted molar refractivity (Wildman–Crippen MR) is 57.8 cm³/mol. The van der Waals surface area contributed by atoms with Crippen LogP contribution in [0.3, 0.4) is 0 Å². The van der Waals surface area contributed by atoms with Crippen LogP contribution in [-0.2, 0) is 0 Å². The first-order valence-electron chi connectivity index (χ1n) is 5.73. The van der Waals surface area contributed by atoms with Crippen molar-refractivity contribution < 1.29 is 4.52 Å². The highest BCUT2D eigenvalue weighted by atomic mass is 16.5. The minimum absolute atomic E-state index is 0.320. The molecule has 1 aliphatic rings. The average Bonchev–Trinajstić information content (AvgIpc) is 2.85. The molecule has 0 unspecified atom stereocenters. The second kappa shape index (κ2) is 4.31. The summed E-state index contributed by atoms with van der Waals surface area (Å²) in [7, 11) is 2.01. The van der Waals surface area contributed by atoms with Crippen LogP contribution < -0.4 is 5.32 Å². The minimum Gasteiger partial charge on any atom is -0.339 e.